The zero-order chi connectivity index (χ0) is 13.1. The van der Waals surface area contributed by atoms with Crippen molar-refractivity contribution in [3.8, 4) is 5.75 Å². The maximum absolute atomic E-state index is 13.0. The Morgan fingerprint density at radius 3 is 2.67 bits per heavy atom. The highest BCUT2D eigenvalue weighted by molar-refractivity contribution is 7.99. The summed E-state index contributed by atoms with van der Waals surface area (Å²) < 4.78 is 13.0. The molecule has 0 spiro atoms. The first-order chi connectivity index (χ1) is 8.56. The van der Waals surface area contributed by atoms with Gasteiger partial charge in [0, 0.05) is 4.90 Å². The standard InChI is InChI=1S/C12H8FNO3S/c13-8-4-5-12(11(6-8)14(16)17)18-10-3-1-2-9(15)7-10/h1-7,15H. The van der Waals surface area contributed by atoms with Gasteiger partial charge in [0.2, 0.25) is 0 Å². The number of rotatable bonds is 3. The van der Waals surface area contributed by atoms with Crippen LogP contribution in [0.25, 0.3) is 0 Å². The number of hydrogen-bond donors (Lipinski definition) is 1. The molecule has 1 N–H and O–H groups in total. The van der Waals surface area contributed by atoms with Gasteiger partial charge in [-0.15, -0.1) is 0 Å². The largest absolute Gasteiger partial charge is 0.508 e. The molecule has 2 aromatic rings. The van der Waals surface area contributed by atoms with Gasteiger partial charge < -0.3 is 5.11 Å². The number of hydrogen-bond acceptors (Lipinski definition) is 4. The van der Waals surface area contributed by atoms with E-state index in [4.69, 9.17) is 0 Å². The summed E-state index contributed by atoms with van der Waals surface area (Å²) in [4.78, 5) is 11.1. The van der Waals surface area contributed by atoms with E-state index in [9.17, 15) is 19.6 Å². The smallest absolute Gasteiger partial charge is 0.286 e. The van der Waals surface area contributed by atoms with E-state index in [1.807, 2.05) is 0 Å². The lowest BCUT2D eigenvalue weighted by Crippen LogP contribution is -1.91. The number of nitrogens with zero attached hydrogens (tertiary/aromatic N) is 1. The van der Waals surface area contributed by atoms with Crippen LogP contribution in [-0.2, 0) is 0 Å². The third kappa shape index (κ3) is 2.78. The molecule has 0 aromatic heterocycles. The molecule has 0 bridgehead atoms. The molecule has 4 nitrogen and oxygen atoms in total. The maximum atomic E-state index is 13.0. The molecule has 0 heterocycles. The number of nitro benzene ring substituents is 1. The zero-order valence-electron chi connectivity index (χ0n) is 9.04. The third-order valence-corrected chi connectivity index (χ3v) is 3.22. The summed E-state index contributed by atoms with van der Waals surface area (Å²) in [6.45, 7) is 0. The highest BCUT2D eigenvalue weighted by Crippen LogP contribution is 2.36. The van der Waals surface area contributed by atoms with Crippen molar-refractivity contribution in [2.75, 3.05) is 0 Å². The predicted molar refractivity (Wildman–Crippen MR) is 65.3 cm³/mol. The molecule has 0 aliphatic rings. The highest BCUT2D eigenvalue weighted by atomic mass is 32.2. The minimum Gasteiger partial charge on any atom is -0.508 e. The average Bonchev–Trinajstić information content (AvgIpc) is 2.31. The summed E-state index contributed by atoms with van der Waals surface area (Å²) in [5, 5.41) is 20.1. The van der Waals surface area contributed by atoms with E-state index in [-0.39, 0.29) is 11.4 Å². The second kappa shape index (κ2) is 5.05. The normalized spacial score (nSPS) is 10.3. The molecule has 6 heteroatoms. The quantitative estimate of drug-likeness (QED) is 0.680. The van der Waals surface area contributed by atoms with Crippen LogP contribution >= 0.6 is 11.8 Å². The monoisotopic (exact) mass is 265 g/mol. The molecule has 0 radical (unpaired) electrons. The summed E-state index contributed by atoms with van der Waals surface area (Å²) in [6, 6.07) is 9.72. The van der Waals surface area contributed by atoms with Crippen molar-refractivity contribution in [2.45, 2.75) is 9.79 Å². The van der Waals surface area contributed by atoms with E-state index in [1.54, 1.807) is 12.1 Å². The van der Waals surface area contributed by atoms with Crippen LogP contribution in [0.15, 0.2) is 52.3 Å². The van der Waals surface area contributed by atoms with Gasteiger partial charge in [-0.1, -0.05) is 17.8 Å². The van der Waals surface area contributed by atoms with Crippen molar-refractivity contribution in [2.24, 2.45) is 0 Å². The van der Waals surface area contributed by atoms with Crippen molar-refractivity contribution < 1.29 is 14.4 Å². The number of phenols is 1. The Hall–Kier alpha value is -2.08. The first-order valence-electron chi connectivity index (χ1n) is 4.97. The van der Waals surface area contributed by atoms with Crippen molar-refractivity contribution in [3.63, 3.8) is 0 Å². The zero-order valence-corrected chi connectivity index (χ0v) is 9.86. The predicted octanol–water partition coefficient (Wildman–Crippen LogP) is 3.59. The average molecular weight is 265 g/mol. The lowest BCUT2D eigenvalue weighted by atomic mass is 10.3. The van der Waals surface area contributed by atoms with Crippen LogP contribution in [0.2, 0.25) is 0 Å². The van der Waals surface area contributed by atoms with E-state index >= 15 is 0 Å². The van der Waals surface area contributed by atoms with Crippen molar-refractivity contribution in [3.05, 3.63) is 58.4 Å². The molecule has 2 aromatic carbocycles. The van der Waals surface area contributed by atoms with Crippen molar-refractivity contribution in [1.82, 2.24) is 0 Å². The Labute approximate surface area is 106 Å². The molecule has 0 saturated carbocycles. The molecule has 0 saturated heterocycles. The van der Waals surface area contributed by atoms with Gasteiger partial charge in [0.25, 0.3) is 5.69 Å². The third-order valence-electron chi connectivity index (χ3n) is 2.16. The number of halogens is 1. The molecule has 92 valence electrons. The summed E-state index contributed by atoms with van der Waals surface area (Å²) >= 11 is 1.10. The summed E-state index contributed by atoms with van der Waals surface area (Å²) in [6.07, 6.45) is 0. The number of benzene rings is 2. The summed E-state index contributed by atoms with van der Waals surface area (Å²) in [5.41, 5.74) is -0.289. The Bertz CT molecular complexity index is 604. The van der Waals surface area contributed by atoms with E-state index in [0.29, 0.717) is 9.79 Å². The number of phenolic OH excluding ortho intramolecular Hbond substituents is 1. The van der Waals surface area contributed by atoms with Crippen LogP contribution in [-0.4, -0.2) is 10.0 Å². The SMILES string of the molecule is O=[N+]([O-])c1cc(F)ccc1Sc1cccc(O)c1. The van der Waals surface area contributed by atoms with Gasteiger partial charge in [0.1, 0.15) is 11.6 Å². The van der Waals surface area contributed by atoms with Crippen LogP contribution in [0.3, 0.4) is 0 Å². The number of nitro groups is 1. The molecule has 0 aliphatic carbocycles. The molecule has 0 aliphatic heterocycles. The molecule has 2 rings (SSSR count). The van der Waals surface area contributed by atoms with Crippen molar-refractivity contribution in [1.29, 1.82) is 0 Å². The second-order valence-corrected chi connectivity index (χ2v) is 4.58. The highest BCUT2D eigenvalue weighted by Gasteiger charge is 2.15. The van der Waals surface area contributed by atoms with E-state index < -0.39 is 10.7 Å². The Balaban J connectivity index is 2.37. The van der Waals surface area contributed by atoms with E-state index in [1.165, 1.54) is 18.2 Å². The van der Waals surface area contributed by atoms with E-state index in [0.717, 1.165) is 23.9 Å². The molecule has 0 fully saturated rings. The van der Waals surface area contributed by atoms with Gasteiger partial charge in [-0.25, -0.2) is 4.39 Å². The topological polar surface area (TPSA) is 63.4 Å². The van der Waals surface area contributed by atoms with Crippen LogP contribution in [0.5, 0.6) is 5.75 Å². The van der Waals surface area contributed by atoms with Gasteiger partial charge >= 0.3 is 0 Å². The fourth-order valence-electron chi connectivity index (χ4n) is 1.39. The second-order valence-electron chi connectivity index (χ2n) is 3.47. The van der Waals surface area contributed by atoms with Crippen molar-refractivity contribution >= 4 is 17.4 Å². The molecular weight excluding hydrogens is 257 g/mol. The summed E-state index contributed by atoms with van der Waals surface area (Å²) in [7, 11) is 0. The van der Waals surface area contributed by atoms with Crippen LogP contribution < -0.4 is 0 Å². The minimum absolute atomic E-state index is 0.0739. The van der Waals surface area contributed by atoms with Gasteiger partial charge in [0.05, 0.1) is 15.9 Å². The number of aromatic hydroxyl groups is 1. The molecule has 0 amide bonds. The van der Waals surface area contributed by atoms with Crippen LogP contribution in [0.4, 0.5) is 10.1 Å². The molecule has 0 unspecified atom stereocenters. The first kappa shape index (κ1) is 12.4. The van der Waals surface area contributed by atoms with Crippen LogP contribution in [0.1, 0.15) is 0 Å². The Kier molecular flexibility index (Phi) is 3.47. The van der Waals surface area contributed by atoms with Crippen LogP contribution in [0, 0.1) is 15.9 Å². The minimum atomic E-state index is -0.651. The van der Waals surface area contributed by atoms with Gasteiger partial charge in [-0.05, 0) is 30.3 Å². The lowest BCUT2D eigenvalue weighted by Gasteiger charge is -2.03. The fourth-order valence-corrected chi connectivity index (χ4v) is 2.35. The van der Waals surface area contributed by atoms with E-state index in [2.05, 4.69) is 0 Å². The molecule has 18 heavy (non-hydrogen) atoms. The lowest BCUT2D eigenvalue weighted by molar-refractivity contribution is -0.387. The van der Waals surface area contributed by atoms with Gasteiger partial charge in [0.15, 0.2) is 0 Å². The Morgan fingerprint density at radius 2 is 2.00 bits per heavy atom. The Morgan fingerprint density at radius 1 is 1.22 bits per heavy atom. The maximum Gasteiger partial charge on any atom is 0.286 e. The first-order valence-corrected chi connectivity index (χ1v) is 5.79. The fraction of sp³-hybridized carbons (Fsp3) is 0. The molecular formula is C12H8FNO3S. The van der Waals surface area contributed by atoms with Gasteiger partial charge in [-0.3, -0.25) is 10.1 Å². The van der Waals surface area contributed by atoms with Gasteiger partial charge in [-0.2, -0.15) is 0 Å². The molecule has 0 atom stereocenters. The summed E-state index contributed by atoms with van der Waals surface area (Å²) in [5.74, 6) is -0.577.